The van der Waals surface area contributed by atoms with E-state index in [2.05, 4.69) is 21.5 Å². The number of hydrogen-bond acceptors (Lipinski definition) is 4. The molecule has 5 heteroatoms. The maximum absolute atomic E-state index is 9.21. The summed E-state index contributed by atoms with van der Waals surface area (Å²) in [4.78, 5) is 4.48. The van der Waals surface area contributed by atoms with Gasteiger partial charge < -0.3 is 5.32 Å². The molecule has 5 nitrogen and oxygen atoms in total. The minimum absolute atomic E-state index is 0.516. The number of fused-ring (bicyclic) bond motifs is 1. The zero-order chi connectivity index (χ0) is 13.2. The Bertz CT molecular complexity index is 782. The lowest BCUT2D eigenvalue weighted by Crippen LogP contribution is -1.97. The molecule has 0 spiro atoms. The molecular formula is C14H11N5. The molecule has 0 atom stereocenters. The topological polar surface area (TPSA) is 66.5 Å². The lowest BCUT2D eigenvalue weighted by Gasteiger charge is -2.06. The molecule has 0 amide bonds. The van der Waals surface area contributed by atoms with E-state index in [1.807, 2.05) is 43.6 Å². The number of anilines is 2. The minimum atomic E-state index is 0.516. The fourth-order valence-electron chi connectivity index (χ4n) is 1.92. The van der Waals surface area contributed by atoms with Crippen molar-refractivity contribution < 1.29 is 0 Å². The third kappa shape index (κ3) is 2.11. The molecule has 2 heterocycles. The largest absolute Gasteiger partial charge is 0.337 e. The third-order valence-corrected chi connectivity index (χ3v) is 2.81. The van der Waals surface area contributed by atoms with Gasteiger partial charge in [-0.3, -0.25) is 4.68 Å². The van der Waals surface area contributed by atoms with Crippen LogP contribution in [0.5, 0.6) is 0 Å². The van der Waals surface area contributed by atoms with Gasteiger partial charge in [0.1, 0.15) is 11.9 Å². The summed E-state index contributed by atoms with van der Waals surface area (Å²) >= 11 is 0. The number of para-hydroxylation sites is 1. The molecule has 0 radical (unpaired) electrons. The fraction of sp³-hybridized carbons (Fsp3) is 0.0714. The molecule has 0 aliphatic rings. The van der Waals surface area contributed by atoms with E-state index in [-0.39, 0.29) is 0 Å². The maximum atomic E-state index is 9.21. The van der Waals surface area contributed by atoms with Crippen LogP contribution in [-0.2, 0) is 7.05 Å². The number of nitrogens with one attached hydrogen (secondary N) is 1. The highest BCUT2D eigenvalue weighted by Crippen LogP contribution is 2.22. The molecule has 0 saturated carbocycles. The van der Waals surface area contributed by atoms with Gasteiger partial charge in [0.15, 0.2) is 0 Å². The van der Waals surface area contributed by atoms with Crippen LogP contribution in [0.4, 0.5) is 11.5 Å². The van der Waals surface area contributed by atoms with Crippen LogP contribution in [-0.4, -0.2) is 14.8 Å². The molecule has 1 aromatic carbocycles. The number of hydrogen-bond donors (Lipinski definition) is 1. The Kier molecular flexibility index (Phi) is 2.62. The summed E-state index contributed by atoms with van der Waals surface area (Å²) in [6.45, 7) is 0. The fourth-order valence-corrected chi connectivity index (χ4v) is 1.92. The second kappa shape index (κ2) is 4.42. The SMILES string of the molecule is Cn1cc(Nc2nc3ccccc3cc2C#N)cn1. The normalized spacial score (nSPS) is 10.3. The number of aryl methyl sites for hydroxylation is 1. The molecule has 19 heavy (non-hydrogen) atoms. The number of nitriles is 1. The van der Waals surface area contributed by atoms with Crippen molar-refractivity contribution in [1.82, 2.24) is 14.8 Å². The van der Waals surface area contributed by atoms with E-state index >= 15 is 0 Å². The quantitative estimate of drug-likeness (QED) is 0.758. The van der Waals surface area contributed by atoms with Crippen molar-refractivity contribution in [3.63, 3.8) is 0 Å². The lowest BCUT2D eigenvalue weighted by atomic mass is 10.1. The Morgan fingerprint density at radius 3 is 2.89 bits per heavy atom. The summed E-state index contributed by atoms with van der Waals surface area (Å²) in [5.41, 5.74) is 2.18. The highest BCUT2D eigenvalue weighted by Gasteiger charge is 2.07. The first-order valence-electron chi connectivity index (χ1n) is 5.82. The maximum Gasteiger partial charge on any atom is 0.149 e. The van der Waals surface area contributed by atoms with Crippen LogP contribution in [0.15, 0.2) is 42.7 Å². The van der Waals surface area contributed by atoms with Crippen LogP contribution in [0.2, 0.25) is 0 Å². The van der Waals surface area contributed by atoms with Crippen molar-refractivity contribution in [2.75, 3.05) is 5.32 Å². The predicted molar refractivity (Wildman–Crippen MR) is 72.9 cm³/mol. The Labute approximate surface area is 110 Å². The highest BCUT2D eigenvalue weighted by atomic mass is 15.3. The van der Waals surface area contributed by atoms with Crippen molar-refractivity contribution in [3.05, 3.63) is 48.3 Å². The van der Waals surface area contributed by atoms with Gasteiger partial charge in [-0.2, -0.15) is 10.4 Å². The van der Waals surface area contributed by atoms with Crippen LogP contribution >= 0.6 is 0 Å². The molecular weight excluding hydrogens is 238 g/mol. The van der Waals surface area contributed by atoms with Gasteiger partial charge in [0.05, 0.1) is 23.0 Å². The van der Waals surface area contributed by atoms with E-state index in [1.54, 1.807) is 10.9 Å². The monoisotopic (exact) mass is 249 g/mol. The van der Waals surface area contributed by atoms with Crippen molar-refractivity contribution in [3.8, 4) is 6.07 Å². The predicted octanol–water partition coefficient (Wildman–Crippen LogP) is 2.58. The van der Waals surface area contributed by atoms with Crippen LogP contribution in [0.3, 0.4) is 0 Å². The first-order valence-corrected chi connectivity index (χ1v) is 5.82. The van der Waals surface area contributed by atoms with Crippen LogP contribution < -0.4 is 5.32 Å². The number of nitrogens with zero attached hydrogens (tertiary/aromatic N) is 4. The zero-order valence-corrected chi connectivity index (χ0v) is 10.3. The average Bonchev–Trinajstić information content (AvgIpc) is 2.83. The molecule has 0 aliphatic carbocycles. The van der Waals surface area contributed by atoms with Gasteiger partial charge in [-0.1, -0.05) is 18.2 Å². The van der Waals surface area contributed by atoms with E-state index in [1.165, 1.54) is 0 Å². The second-order valence-corrected chi connectivity index (χ2v) is 4.22. The first kappa shape index (κ1) is 11.2. The highest BCUT2D eigenvalue weighted by molar-refractivity contribution is 5.83. The van der Waals surface area contributed by atoms with E-state index in [4.69, 9.17) is 0 Å². The Hall–Kier alpha value is -2.87. The van der Waals surface area contributed by atoms with E-state index < -0.39 is 0 Å². The van der Waals surface area contributed by atoms with Crippen LogP contribution in [0.1, 0.15) is 5.56 Å². The Morgan fingerprint density at radius 1 is 1.32 bits per heavy atom. The molecule has 3 rings (SSSR count). The number of rotatable bonds is 2. The Balaban J connectivity index is 2.09. The van der Waals surface area contributed by atoms with Crippen LogP contribution in [0, 0.1) is 11.3 Å². The number of benzene rings is 1. The van der Waals surface area contributed by atoms with E-state index in [0.29, 0.717) is 11.4 Å². The number of pyridine rings is 1. The molecule has 0 fully saturated rings. The lowest BCUT2D eigenvalue weighted by molar-refractivity contribution is 0.768. The molecule has 3 aromatic rings. The summed E-state index contributed by atoms with van der Waals surface area (Å²) in [5, 5.41) is 17.4. The standard InChI is InChI=1S/C14H11N5/c1-19-9-12(8-16-19)17-14-11(7-15)6-10-4-2-3-5-13(10)18-14/h2-6,8-9H,1H3,(H,17,18). The summed E-state index contributed by atoms with van der Waals surface area (Å²) < 4.78 is 1.69. The van der Waals surface area contributed by atoms with Crippen LogP contribution in [0.25, 0.3) is 10.9 Å². The van der Waals surface area contributed by atoms with Gasteiger partial charge in [-0.25, -0.2) is 4.98 Å². The van der Waals surface area contributed by atoms with Gasteiger partial charge >= 0.3 is 0 Å². The summed E-state index contributed by atoms with van der Waals surface area (Å²) in [6.07, 6.45) is 3.52. The second-order valence-electron chi connectivity index (χ2n) is 4.22. The summed E-state index contributed by atoms with van der Waals surface area (Å²) in [7, 11) is 1.84. The summed E-state index contributed by atoms with van der Waals surface area (Å²) in [6, 6.07) is 11.7. The Morgan fingerprint density at radius 2 is 2.16 bits per heavy atom. The van der Waals surface area contributed by atoms with Gasteiger partial charge in [0.25, 0.3) is 0 Å². The molecule has 0 saturated heterocycles. The molecule has 1 N–H and O–H groups in total. The molecule has 0 unspecified atom stereocenters. The third-order valence-electron chi connectivity index (χ3n) is 2.81. The average molecular weight is 249 g/mol. The molecule has 0 aliphatic heterocycles. The molecule has 0 bridgehead atoms. The van der Waals surface area contributed by atoms with Gasteiger partial charge in [-0.05, 0) is 12.1 Å². The van der Waals surface area contributed by atoms with E-state index in [0.717, 1.165) is 16.6 Å². The number of aromatic nitrogens is 3. The van der Waals surface area contributed by atoms with Crippen molar-refractivity contribution in [2.45, 2.75) is 0 Å². The minimum Gasteiger partial charge on any atom is -0.337 e. The molecule has 2 aromatic heterocycles. The van der Waals surface area contributed by atoms with Gasteiger partial charge in [0.2, 0.25) is 0 Å². The first-order chi connectivity index (χ1) is 9.26. The van der Waals surface area contributed by atoms with Crippen molar-refractivity contribution >= 4 is 22.4 Å². The van der Waals surface area contributed by atoms with Gasteiger partial charge in [-0.15, -0.1) is 0 Å². The smallest absolute Gasteiger partial charge is 0.149 e. The van der Waals surface area contributed by atoms with Gasteiger partial charge in [0, 0.05) is 18.6 Å². The van der Waals surface area contributed by atoms with Crippen molar-refractivity contribution in [1.29, 1.82) is 5.26 Å². The summed E-state index contributed by atoms with van der Waals surface area (Å²) in [5.74, 6) is 0.550. The molecule has 92 valence electrons. The van der Waals surface area contributed by atoms with Crippen molar-refractivity contribution in [2.24, 2.45) is 7.05 Å². The van der Waals surface area contributed by atoms with E-state index in [9.17, 15) is 5.26 Å². The zero-order valence-electron chi connectivity index (χ0n) is 10.3.